The second-order valence-electron chi connectivity index (χ2n) is 10.5. The van der Waals surface area contributed by atoms with Crippen molar-refractivity contribution in [3.8, 4) is 0 Å². The van der Waals surface area contributed by atoms with Crippen LogP contribution in [0, 0.1) is 0 Å². The van der Waals surface area contributed by atoms with Crippen LogP contribution in [0.4, 0.5) is 0 Å². The molecule has 0 radical (unpaired) electrons. The molecular weight excluding hydrogens is 467 g/mol. The van der Waals surface area contributed by atoms with Crippen molar-refractivity contribution >= 4 is 13.7 Å². The van der Waals surface area contributed by atoms with E-state index in [0.29, 0.717) is 24.1 Å². The molecule has 0 bridgehead atoms. The molecule has 0 fully saturated rings. The fraction of sp³-hybridized carbons (Fsp3) is 0.962. The number of carbonyl (C=O) groups is 1. The van der Waals surface area contributed by atoms with Crippen LogP contribution in [0.1, 0.15) is 104 Å². The van der Waals surface area contributed by atoms with Crippen LogP contribution in [0.5, 0.6) is 0 Å². The molecule has 0 heterocycles. The molecule has 0 rings (SSSR count). The average Bonchev–Trinajstić information content (AvgIpc) is 2.77. The molecule has 0 aromatic heterocycles. The second-order valence-corrected chi connectivity index (χ2v) is 11.9. The molecule has 0 saturated carbocycles. The number of quaternary nitrogens is 1. The van der Waals surface area contributed by atoms with Gasteiger partial charge in [-0.25, -0.2) is 4.57 Å². The molecule has 2 atom stereocenters. The van der Waals surface area contributed by atoms with Gasteiger partial charge in [0, 0.05) is 19.6 Å². The zero-order chi connectivity index (χ0) is 26.4. The van der Waals surface area contributed by atoms with Gasteiger partial charge in [-0.3, -0.25) is 13.8 Å². The Kier molecular flexibility index (Phi) is 21.3. The summed E-state index contributed by atoms with van der Waals surface area (Å²) in [6, 6.07) is 0. The summed E-state index contributed by atoms with van der Waals surface area (Å²) in [5, 5.41) is 2.85. The van der Waals surface area contributed by atoms with Gasteiger partial charge in [-0.1, -0.05) is 84.0 Å². The quantitative estimate of drug-likeness (QED) is 0.0888. The number of ether oxygens (including phenoxy) is 1. The third-order valence-electron chi connectivity index (χ3n) is 5.88. The van der Waals surface area contributed by atoms with E-state index in [2.05, 4.69) is 12.2 Å². The number of rotatable bonds is 25. The van der Waals surface area contributed by atoms with Crippen LogP contribution < -0.4 is 5.32 Å². The van der Waals surface area contributed by atoms with Gasteiger partial charge in [-0.05, 0) is 13.3 Å². The smallest absolute Gasteiger partial charge is 0.374 e. The third kappa shape index (κ3) is 25.0. The highest BCUT2D eigenvalue weighted by Crippen LogP contribution is 2.43. The minimum Gasteiger partial charge on any atom is -0.374 e. The van der Waals surface area contributed by atoms with Gasteiger partial charge < -0.3 is 19.4 Å². The number of hydrogen-bond donors (Lipinski definition) is 2. The van der Waals surface area contributed by atoms with Crippen molar-refractivity contribution in [3.05, 3.63) is 0 Å². The number of phosphoric acid groups is 1. The Labute approximate surface area is 215 Å². The summed E-state index contributed by atoms with van der Waals surface area (Å²) in [4.78, 5) is 22.0. The molecule has 2 N–H and O–H groups in total. The van der Waals surface area contributed by atoms with Crippen molar-refractivity contribution in [1.29, 1.82) is 0 Å². The normalized spacial score (nSPS) is 14.6. The lowest BCUT2D eigenvalue weighted by molar-refractivity contribution is -0.870. The van der Waals surface area contributed by atoms with E-state index in [1.807, 2.05) is 28.1 Å². The molecule has 0 spiro atoms. The lowest BCUT2D eigenvalue weighted by Gasteiger charge is -2.24. The summed E-state index contributed by atoms with van der Waals surface area (Å²) < 4.78 is 28.3. The van der Waals surface area contributed by atoms with Gasteiger partial charge in [0.1, 0.15) is 13.2 Å². The Morgan fingerprint density at radius 2 is 1.37 bits per heavy atom. The van der Waals surface area contributed by atoms with Gasteiger partial charge in [0.05, 0.1) is 33.9 Å². The van der Waals surface area contributed by atoms with E-state index in [4.69, 9.17) is 13.8 Å². The minimum atomic E-state index is -4.15. The van der Waals surface area contributed by atoms with E-state index < -0.39 is 13.9 Å². The van der Waals surface area contributed by atoms with Crippen molar-refractivity contribution in [2.24, 2.45) is 0 Å². The maximum Gasteiger partial charge on any atom is 0.472 e. The molecule has 0 aromatic carbocycles. The topological polar surface area (TPSA) is 94.1 Å². The van der Waals surface area contributed by atoms with E-state index in [0.717, 1.165) is 12.8 Å². The molecule has 0 saturated heterocycles. The predicted octanol–water partition coefficient (Wildman–Crippen LogP) is 5.83. The van der Waals surface area contributed by atoms with Crippen molar-refractivity contribution in [2.45, 2.75) is 110 Å². The molecule has 0 aliphatic heterocycles. The molecule has 0 aliphatic carbocycles. The molecule has 35 heavy (non-hydrogen) atoms. The number of nitrogens with zero attached hydrogens (tertiary/aromatic N) is 1. The molecular formula is C26H56N2O6P+. The number of amides is 1. The summed E-state index contributed by atoms with van der Waals surface area (Å²) >= 11 is 0. The monoisotopic (exact) mass is 523 g/mol. The van der Waals surface area contributed by atoms with Crippen LogP contribution in [0.25, 0.3) is 0 Å². The first-order valence-corrected chi connectivity index (χ1v) is 15.4. The van der Waals surface area contributed by atoms with Crippen molar-refractivity contribution in [2.75, 3.05) is 54.1 Å². The number of phosphoric ester groups is 1. The van der Waals surface area contributed by atoms with Crippen molar-refractivity contribution in [3.63, 3.8) is 0 Å². The van der Waals surface area contributed by atoms with Crippen molar-refractivity contribution < 1.29 is 32.5 Å². The highest BCUT2D eigenvalue weighted by atomic mass is 31.2. The summed E-state index contributed by atoms with van der Waals surface area (Å²) in [5.41, 5.74) is 0. The Morgan fingerprint density at radius 3 is 1.86 bits per heavy atom. The highest BCUT2D eigenvalue weighted by molar-refractivity contribution is 7.47. The van der Waals surface area contributed by atoms with Crippen LogP contribution in [0.2, 0.25) is 0 Å². The van der Waals surface area contributed by atoms with Crippen LogP contribution >= 0.6 is 7.82 Å². The summed E-state index contributed by atoms with van der Waals surface area (Å²) in [6.45, 7) is 5.32. The summed E-state index contributed by atoms with van der Waals surface area (Å²) in [6.07, 6.45) is 16.6. The highest BCUT2D eigenvalue weighted by Gasteiger charge is 2.25. The van der Waals surface area contributed by atoms with E-state index in [-0.39, 0.29) is 25.7 Å². The number of carbonyl (C=O) groups excluding carboxylic acids is 1. The standard InChI is InChI=1S/C26H55N2O6P/c1-6-8-9-10-11-12-13-14-15-16-17-18-19-20-26(29)27-23-25(32-7-2)24-34-35(30,31)33-22-21-28(3,4)5/h25H,6-24H2,1-5H3,(H-,27,29,30,31)/p+1/t25-/m0/s1. The molecule has 0 aliphatic rings. The van der Waals surface area contributed by atoms with Gasteiger partial charge >= 0.3 is 7.82 Å². The molecule has 1 unspecified atom stereocenters. The van der Waals surface area contributed by atoms with E-state index >= 15 is 0 Å². The Hall–Kier alpha value is -0.500. The fourth-order valence-electron chi connectivity index (χ4n) is 3.67. The maximum atomic E-state index is 12.2. The third-order valence-corrected chi connectivity index (χ3v) is 6.86. The van der Waals surface area contributed by atoms with Gasteiger partial charge in [0.2, 0.25) is 5.91 Å². The predicted molar refractivity (Wildman–Crippen MR) is 143 cm³/mol. The molecule has 8 nitrogen and oxygen atoms in total. The van der Waals surface area contributed by atoms with Crippen LogP contribution in [0.3, 0.4) is 0 Å². The van der Waals surface area contributed by atoms with E-state index in [9.17, 15) is 14.3 Å². The van der Waals surface area contributed by atoms with Gasteiger partial charge in [-0.15, -0.1) is 0 Å². The second kappa shape index (κ2) is 21.6. The van der Waals surface area contributed by atoms with Gasteiger partial charge in [0.25, 0.3) is 0 Å². The Bertz CT molecular complexity index is 556. The molecule has 0 aromatic rings. The number of likely N-dealkylation sites (N-methyl/N-ethyl adjacent to an activating group) is 1. The first kappa shape index (κ1) is 34.5. The summed E-state index contributed by atoms with van der Waals surface area (Å²) in [5.74, 6) is -0.0239. The van der Waals surface area contributed by atoms with Crippen LogP contribution in [-0.2, 0) is 23.1 Å². The molecule has 9 heteroatoms. The lowest BCUT2D eigenvalue weighted by Crippen LogP contribution is -2.37. The first-order chi connectivity index (χ1) is 16.6. The summed E-state index contributed by atoms with van der Waals surface area (Å²) in [7, 11) is 1.76. The minimum absolute atomic E-state index is 0.0239. The van der Waals surface area contributed by atoms with Crippen LogP contribution in [0.15, 0.2) is 0 Å². The average molecular weight is 524 g/mol. The van der Waals surface area contributed by atoms with E-state index in [1.54, 1.807) is 0 Å². The van der Waals surface area contributed by atoms with Gasteiger partial charge in [-0.2, -0.15) is 0 Å². The van der Waals surface area contributed by atoms with Crippen LogP contribution in [-0.4, -0.2) is 75.4 Å². The number of hydrogen-bond acceptors (Lipinski definition) is 5. The largest absolute Gasteiger partial charge is 0.472 e. The number of nitrogens with one attached hydrogen (secondary N) is 1. The van der Waals surface area contributed by atoms with Crippen molar-refractivity contribution in [1.82, 2.24) is 5.32 Å². The SMILES string of the molecule is CCCCCCCCCCCCCCCC(=O)NC[C@@H](COP(=O)(O)OCC[N+](C)(C)C)OCC. The molecule has 210 valence electrons. The lowest BCUT2D eigenvalue weighted by atomic mass is 10.0. The zero-order valence-electron chi connectivity index (χ0n) is 23.4. The van der Waals surface area contributed by atoms with E-state index in [1.165, 1.54) is 70.6 Å². The van der Waals surface area contributed by atoms with Gasteiger partial charge in [0.15, 0.2) is 0 Å². The fourth-order valence-corrected chi connectivity index (χ4v) is 4.41. The molecule has 1 amide bonds. The number of unbranched alkanes of at least 4 members (excludes halogenated alkanes) is 12. The Balaban J connectivity index is 3.82. The zero-order valence-corrected chi connectivity index (χ0v) is 24.3. The maximum absolute atomic E-state index is 12.2. The Morgan fingerprint density at radius 1 is 0.857 bits per heavy atom. The first-order valence-electron chi connectivity index (χ1n) is 13.9.